The molecule has 2 aromatic heterocycles. The van der Waals surface area contributed by atoms with E-state index in [-0.39, 0.29) is 0 Å². The van der Waals surface area contributed by atoms with E-state index in [1.54, 1.807) is 7.05 Å². The molecule has 0 saturated heterocycles. The first-order chi connectivity index (χ1) is 13.1. The second-order valence-corrected chi connectivity index (χ2v) is 6.54. The number of nitrogens with one attached hydrogen (secondary N) is 2. The summed E-state index contributed by atoms with van der Waals surface area (Å²) in [4.78, 5) is 8.77. The number of rotatable bonds is 10. The lowest BCUT2D eigenvalue weighted by Gasteiger charge is -2.12. The van der Waals surface area contributed by atoms with Crippen LogP contribution >= 0.6 is 0 Å². The molecule has 148 valence electrons. The van der Waals surface area contributed by atoms with Gasteiger partial charge in [0, 0.05) is 45.2 Å². The smallest absolute Gasteiger partial charge is 0.191 e. The monoisotopic (exact) mass is 372 g/mol. The standard InChI is InChI=1S/C20H32N6O/c1-5-6-11-27-12-7-10-22-20(21-4)24-15-18-8-9-19(23-14-18)26-17(3)13-16(2)25-26/h8-9,13-14H,5-7,10-12,15H2,1-4H3,(H2,21,22,24). The number of aryl methyl sites for hydroxylation is 2. The Hall–Kier alpha value is -2.41. The molecule has 7 heteroatoms. The number of nitrogens with zero attached hydrogens (tertiary/aromatic N) is 4. The van der Waals surface area contributed by atoms with Crippen LogP contribution in [0.3, 0.4) is 0 Å². The second kappa shape index (κ2) is 11.3. The predicted octanol–water partition coefficient (Wildman–Crippen LogP) is 2.76. The Balaban J connectivity index is 1.74. The summed E-state index contributed by atoms with van der Waals surface area (Å²) in [5, 5.41) is 11.1. The van der Waals surface area contributed by atoms with Gasteiger partial charge in [-0.25, -0.2) is 9.67 Å². The molecule has 2 aromatic rings. The molecule has 0 spiro atoms. The number of ether oxygens (including phenoxy) is 1. The van der Waals surface area contributed by atoms with Gasteiger partial charge in [0.05, 0.1) is 5.69 Å². The predicted molar refractivity (Wildman–Crippen MR) is 109 cm³/mol. The largest absolute Gasteiger partial charge is 0.381 e. The highest BCUT2D eigenvalue weighted by molar-refractivity contribution is 5.79. The molecule has 2 heterocycles. The summed E-state index contributed by atoms with van der Waals surface area (Å²) in [5.74, 6) is 1.61. The van der Waals surface area contributed by atoms with Crippen molar-refractivity contribution in [2.45, 2.75) is 46.6 Å². The molecule has 7 nitrogen and oxygen atoms in total. The SMILES string of the molecule is CCCCOCCCNC(=NC)NCc1ccc(-n2nc(C)cc2C)nc1. The van der Waals surface area contributed by atoms with E-state index in [1.807, 2.05) is 36.9 Å². The fourth-order valence-corrected chi connectivity index (χ4v) is 2.64. The number of aromatic nitrogens is 3. The van der Waals surface area contributed by atoms with Crippen LogP contribution in [0.5, 0.6) is 0 Å². The molecule has 0 aliphatic carbocycles. The maximum absolute atomic E-state index is 5.56. The van der Waals surface area contributed by atoms with Gasteiger partial charge in [0.15, 0.2) is 11.8 Å². The Labute approximate surface area is 162 Å². The fraction of sp³-hybridized carbons (Fsp3) is 0.550. The molecular formula is C20H32N6O. The van der Waals surface area contributed by atoms with Crippen molar-refractivity contribution in [1.82, 2.24) is 25.4 Å². The Morgan fingerprint density at radius 2 is 2.00 bits per heavy atom. The maximum atomic E-state index is 5.56. The molecule has 0 aliphatic rings. The van der Waals surface area contributed by atoms with Crippen molar-refractivity contribution < 1.29 is 4.74 Å². The number of hydrogen-bond acceptors (Lipinski definition) is 4. The van der Waals surface area contributed by atoms with Crippen molar-refractivity contribution >= 4 is 5.96 Å². The lowest BCUT2D eigenvalue weighted by Crippen LogP contribution is -2.37. The zero-order valence-corrected chi connectivity index (χ0v) is 17.0. The third kappa shape index (κ3) is 7.02. The summed E-state index contributed by atoms with van der Waals surface area (Å²) in [6.45, 7) is 9.31. The van der Waals surface area contributed by atoms with E-state index in [4.69, 9.17) is 4.74 Å². The summed E-state index contributed by atoms with van der Waals surface area (Å²) in [7, 11) is 1.78. The van der Waals surface area contributed by atoms with Crippen molar-refractivity contribution in [2.75, 3.05) is 26.8 Å². The molecule has 0 aromatic carbocycles. The van der Waals surface area contributed by atoms with Gasteiger partial charge in [-0.1, -0.05) is 19.4 Å². The van der Waals surface area contributed by atoms with Gasteiger partial charge in [-0.15, -0.1) is 0 Å². The van der Waals surface area contributed by atoms with E-state index < -0.39 is 0 Å². The summed E-state index contributed by atoms with van der Waals surface area (Å²) in [6.07, 6.45) is 5.13. The number of unbranched alkanes of at least 4 members (excludes halogenated alkanes) is 1. The van der Waals surface area contributed by atoms with Gasteiger partial charge >= 0.3 is 0 Å². The van der Waals surface area contributed by atoms with E-state index in [0.29, 0.717) is 6.54 Å². The molecular weight excluding hydrogens is 340 g/mol. The molecule has 0 amide bonds. The molecule has 0 unspecified atom stereocenters. The van der Waals surface area contributed by atoms with Crippen molar-refractivity contribution in [1.29, 1.82) is 0 Å². The minimum atomic E-state index is 0.664. The fourth-order valence-electron chi connectivity index (χ4n) is 2.64. The Kier molecular flexibility index (Phi) is 8.77. The first-order valence-corrected chi connectivity index (χ1v) is 9.65. The van der Waals surface area contributed by atoms with Gasteiger partial charge < -0.3 is 15.4 Å². The third-order valence-electron chi connectivity index (χ3n) is 4.12. The van der Waals surface area contributed by atoms with Crippen LogP contribution in [0, 0.1) is 13.8 Å². The average Bonchev–Trinajstić information content (AvgIpc) is 3.02. The van der Waals surface area contributed by atoms with Crippen LogP contribution in [0.25, 0.3) is 5.82 Å². The van der Waals surface area contributed by atoms with Crippen LogP contribution in [0.4, 0.5) is 0 Å². The minimum absolute atomic E-state index is 0.664. The quantitative estimate of drug-likeness (QED) is 0.381. The van der Waals surface area contributed by atoms with E-state index in [2.05, 4.69) is 38.7 Å². The van der Waals surface area contributed by atoms with E-state index in [0.717, 1.165) is 61.3 Å². The second-order valence-electron chi connectivity index (χ2n) is 6.54. The molecule has 2 N–H and O–H groups in total. The summed E-state index contributed by atoms with van der Waals surface area (Å²) < 4.78 is 7.42. The van der Waals surface area contributed by atoms with Gasteiger partial charge in [0.25, 0.3) is 0 Å². The van der Waals surface area contributed by atoms with Gasteiger partial charge in [-0.05, 0) is 44.4 Å². The highest BCUT2D eigenvalue weighted by atomic mass is 16.5. The van der Waals surface area contributed by atoms with Crippen LogP contribution in [0.1, 0.15) is 43.1 Å². The highest BCUT2D eigenvalue weighted by Gasteiger charge is 2.05. The Morgan fingerprint density at radius 1 is 1.19 bits per heavy atom. The van der Waals surface area contributed by atoms with Crippen LogP contribution < -0.4 is 10.6 Å². The van der Waals surface area contributed by atoms with Crippen LogP contribution in [0.15, 0.2) is 29.4 Å². The molecule has 0 radical (unpaired) electrons. The maximum Gasteiger partial charge on any atom is 0.191 e. The van der Waals surface area contributed by atoms with Crippen molar-refractivity contribution in [3.05, 3.63) is 41.3 Å². The third-order valence-corrected chi connectivity index (χ3v) is 4.12. The number of aliphatic imine (C=N–C) groups is 1. The van der Waals surface area contributed by atoms with Gasteiger partial charge in [0.2, 0.25) is 0 Å². The number of pyridine rings is 1. The van der Waals surface area contributed by atoms with Crippen LogP contribution in [0.2, 0.25) is 0 Å². The molecule has 0 bridgehead atoms. The van der Waals surface area contributed by atoms with Crippen LogP contribution in [-0.2, 0) is 11.3 Å². The zero-order chi connectivity index (χ0) is 19.5. The van der Waals surface area contributed by atoms with E-state index >= 15 is 0 Å². The van der Waals surface area contributed by atoms with Gasteiger partial charge in [-0.2, -0.15) is 5.10 Å². The van der Waals surface area contributed by atoms with Crippen molar-refractivity contribution in [3.8, 4) is 5.82 Å². The van der Waals surface area contributed by atoms with Crippen LogP contribution in [-0.4, -0.2) is 47.5 Å². The molecule has 2 rings (SSSR count). The van der Waals surface area contributed by atoms with Gasteiger partial charge in [0.1, 0.15) is 0 Å². The lowest BCUT2D eigenvalue weighted by atomic mass is 10.3. The molecule has 0 fully saturated rings. The van der Waals surface area contributed by atoms with Gasteiger partial charge in [-0.3, -0.25) is 4.99 Å². The average molecular weight is 373 g/mol. The van der Waals surface area contributed by atoms with E-state index in [9.17, 15) is 0 Å². The molecule has 0 aliphatic heterocycles. The summed E-state index contributed by atoms with van der Waals surface area (Å²) in [5.41, 5.74) is 3.16. The first-order valence-electron chi connectivity index (χ1n) is 9.65. The summed E-state index contributed by atoms with van der Waals surface area (Å²) in [6, 6.07) is 6.09. The first kappa shape index (κ1) is 20.9. The van der Waals surface area contributed by atoms with Crippen molar-refractivity contribution in [3.63, 3.8) is 0 Å². The van der Waals surface area contributed by atoms with E-state index in [1.165, 1.54) is 6.42 Å². The summed E-state index contributed by atoms with van der Waals surface area (Å²) >= 11 is 0. The molecule has 0 saturated carbocycles. The topological polar surface area (TPSA) is 76.4 Å². The number of guanidine groups is 1. The minimum Gasteiger partial charge on any atom is -0.381 e. The highest BCUT2D eigenvalue weighted by Crippen LogP contribution is 2.10. The number of hydrogen-bond donors (Lipinski definition) is 2. The van der Waals surface area contributed by atoms with Crippen molar-refractivity contribution in [2.24, 2.45) is 4.99 Å². The Bertz CT molecular complexity index is 708. The lowest BCUT2D eigenvalue weighted by molar-refractivity contribution is 0.129. The molecule has 0 atom stereocenters. The normalized spacial score (nSPS) is 11.6. The zero-order valence-electron chi connectivity index (χ0n) is 17.0. The Morgan fingerprint density at radius 3 is 2.63 bits per heavy atom. The molecule has 27 heavy (non-hydrogen) atoms.